The van der Waals surface area contributed by atoms with Crippen LogP contribution in [0.1, 0.15) is 0 Å². The molecule has 0 unspecified atom stereocenters. The van der Waals surface area contributed by atoms with Crippen molar-refractivity contribution in [3.63, 3.8) is 0 Å². The summed E-state index contributed by atoms with van der Waals surface area (Å²) in [4.78, 5) is 10.2. The van der Waals surface area contributed by atoms with Crippen LogP contribution in [0.2, 0.25) is 0 Å². The summed E-state index contributed by atoms with van der Waals surface area (Å²) in [6.07, 6.45) is 3.38. The second kappa shape index (κ2) is 2.61. The lowest BCUT2D eigenvalue weighted by Gasteiger charge is -2.14. The van der Waals surface area contributed by atoms with Gasteiger partial charge in [0.1, 0.15) is 6.04 Å². The van der Waals surface area contributed by atoms with Crippen LogP contribution in [-0.2, 0) is 4.79 Å². The number of carboxylic acids is 1. The molecular formula is C5H8N2O2. The number of carboxylic acid groups (broad SMARTS) is 1. The molecule has 0 bridgehead atoms. The van der Waals surface area contributed by atoms with Gasteiger partial charge in [-0.15, -0.1) is 0 Å². The van der Waals surface area contributed by atoms with Crippen molar-refractivity contribution in [3.8, 4) is 0 Å². The minimum atomic E-state index is -0.863. The Labute approximate surface area is 52.5 Å². The average Bonchev–Trinajstić information content (AvgIpc) is 1.90. The molecule has 4 nitrogen and oxygen atoms in total. The Kier molecular flexibility index (Phi) is 1.81. The summed E-state index contributed by atoms with van der Waals surface area (Å²) in [5.74, 6) is -0.863. The second-order valence-corrected chi connectivity index (χ2v) is 1.77. The molecule has 0 radical (unpaired) electrons. The lowest BCUT2D eigenvalue weighted by molar-refractivity contribution is -0.138. The van der Waals surface area contributed by atoms with Crippen LogP contribution in [0.25, 0.3) is 0 Å². The zero-order valence-corrected chi connectivity index (χ0v) is 4.79. The fraction of sp³-hybridized carbons (Fsp3) is 0.400. The van der Waals surface area contributed by atoms with Gasteiger partial charge in [0, 0.05) is 6.54 Å². The Morgan fingerprint density at radius 2 is 2.56 bits per heavy atom. The first-order valence-corrected chi connectivity index (χ1v) is 2.68. The van der Waals surface area contributed by atoms with Crippen molar-refractivity contribution in [1.82, 2.24) is 10.9 Å². The standard InChI is InChI=1S/C5H8N2O2/c8-5(9)4-2-1-3-6-7-4/h1-2,4,6-7H,3H2,(H,8,9)/t4-/m0/s1. The number of hydrazine groups is 1. The molecule has 0 aromatic heterocycles. The average molecular weight is 128 g/mol. The van der Waals surface area contributed by atoms with Crippen LogP contribution in [0.15, 0.2) is 12.2 Å². The normalized spacial score (nSPS) is 26.0. The van der Waals surface area contributed by atoms with E-state index in [1.807, 2.05) is 0 Å². The highest BCUT2D eigenvalue weighted by Gasteiger charge is 2.13. The maximum Gasteiger partial charge on any atom is 0.326 e. The van der Waals surface area contributed by atoms with Gasteiger partial charge in [-0.05, 0) is 0 Å². The van der Waals surface area contributed by atoms with E-state index in [0.717, 1.165) is 0 Å². The molecule has 0 spiro atoms. The summed E-state index contributed by atoms with van der Waals surface area (Å²) in [6.45, 7) is 0.684. The molecule has 1 rings (SSSR count). The molecule has 3 N–H and O–H groups in total. The van der Waals surface area contributed by atoms with E-state index in [9.17, 15) is 4.79 Å². The summed E-state index contributed by atoms with van der Waals surface area (Å²) in [5.41, 5.74) is 5.28. The van der Waals surface area contributed by atoms with Crippen molar-refractivity contribution in [2.45, 2.75) is 6.04 Å². The van der Waals surface area contributed by atoms with Crippen LogP contribution in [0.4, 0.5) is 0 Å². The second-order valence-electron chi connectivity index (χ2n) is 1.77. The van der Waals surface area contributed by atoms with E-state index in [0.29, 0.717) is 6.54 Å². The minimum Gasteiger partial charge on any atom is -0.480 e. The number of nitrogens with one attached hydrogen (secondary N) is 2. The van der Waals surface area contributed by atoms with Crippen LogP contribution in [0.3, 0.4) is 0 Å². The molecule has 0 amide bonds. The number of aliphatic carboxylic acids is 1. The van der Waals surface area contributed by atoms with Crippen LogP contribution < -0.4 is 10.9 Å². The molecule has 1 aliphatic heterocycles. The number of hydrogen-bond acceptors (Lipinski definition) is 3. The van der Waals surface area contributed by atoms with Gasteiger partial charge in [-0.2, -0.15) is 0 Å². The molecule has 0 saturated heterocycles. The Morgan fingerprint density at radius 1 is 1.78 bits per heavy atom. The molecule has 0 aromatic rings. The predicted octanol–water partition coefficient (Wildman–Crippen LogP) is -0.896. The van der Waals surface area contributed by atoms with Gasteiger partial charge < -0.3 is 5.11 Å². The monoisotopic (exact) mass is 128 g/mol. The van der Waals surface area contributed by atoms with Gasteiger partial charge in [-0.1, -0.05) is 12.2 Å². The molecule has 0 aliphatic carbocycles. The van der Waals surface area contributed by atoms with Crippen molar-refractivity contribution in [2.24, 2.45) is 0 Å². The summed E-state index contributed by atoms with van der Waals surface area (Å²) in [5, 5.41) is 8.38. The van der Waals surface area contributed by atoms with Gasteiger partial charge in [0.15, 0.2) is 0 Å². The van der Waals surface area contributed by atoms with Crippen molar-refractivity contribution >= 4 is 5.97 Å². The Morgan fingerprint density at radius 3 is 2.89 bits per heavy atom. The largest absolute Gasteiger partial charge is 0.480 e. The molecule has 0 saturated carbocycles. The maximum atomic E-state index is 10.2. The lowest BCUT2D eigenvalue weighted by atomic mass is 10.2. The lowest BCUT2D eigenvalue weighted by Crippen LogP contribution is -2.46. The number of hydrogen-bond donors (Lipinski definition) is 3. The van der Waals surface area contributed by atoms with E-state index in [1.165, 1.54) is 0 Å². The quantitative estimate of drug-likeness (QED) is 0.401. The van der Waals surface area contributed by atoms with E-state index in [1.54, 1.807) is 12.2 Å². The summed E-state index contributed by atoms with van der Waals surface area (Å²) < 4.78 is 0. The molecule has 4 heteroatoms. The van der Waals surface area contributed by atoms with Crippen molar-refractivity contribution < 1.29 is 9.90 Å². The van der Waals surface area contributed by atoms with Gasteiger partial charge in [0.2, 0.25) is 0 Å². The van der Waals surface area contributed by atoms with E-state index < -0.39 is 12.0 Å². The van der Waals surface area contributed by atoms with E-state index in [4.69, 9.17) is 5.11 Å². The summed E-state index contributed by atoms with van der Waals surface area (Å²) >= 11 is 0. The number of carbonyl (C=O) groups is 1. The van der Waals surface area contributed by atoms with Gasteiger partial charge in [-0.3, -0.25) is 10.2 Å². The fourth-order valence-electron chi connectivity index (χ4n) is 0.624. The first-order valence-electron chi connectivity index (χ1n) is 2.68. The molecular weight excluding hydrogens is 120 g/mol. The van der Waals surface area contributed by atoms with E-state index in [2.05, 4.69) is 10.9 Å². The number of rotatable bonds is 1. The first-order chi connectivity index (χ1) is 4.30. The maximum absolute atomic E-state index is 10.2. The zero-order valence-electron chi connectivity index (χ0n) is 4.79. The highest BCUT2D eigenvalue weighted by molar-refractivity contribution is 5.75. The van der Waals surface area contributed by atoms with Crippen molar-refractivity contribution in [1.29, 1.82) is 0 Å². The molecule has 50 valence electrons. The topological polar surface area (TPSA) is 61.4 Å². The minimum absolute atomic E-state index is 0.571. The van der Waals surface area contributed by atoms with E-state index in [-0.39, 0.29) is 0 Å². The van der Waals surface area contributed by atoms with Crippen LogP contribution in [0.5, 0.6) is 0 Å². The molecule has 1 aliphatic rings. The van der Waals surface area contributed by atoms with Crippen molar-refractivity contribution in [3.05, 3.63) is 12.2 Å². The molecule has 1 atom stereocenters. The Hall–Kier alpha value is -0.870. The van der Waals surface area contributed by atoms with Crippen LogP contribution in [-0.4, -0.2) is 23.7 Å². The summed E-state index contributed by atoms with van der Waals surface area (Å²) in [6, 6.07) is -0.571. The van der Waals surface area contributed by atoms with Crippen LogP contribution in [0, 0.1) is 0 Å². The van der Waals surface area contributed by atoms with Crippen LogP contribution >= 0.6 is 0 Å². The SMILES string of the molecule is O=C(O)[C@@H]1C=CCNN1. The highest BCUT2D eigenvalue weighted by Crippen LogP contribution is 1.88. The summed E-state index contributed by atoms with van der Waals surface area (Å²) in [7, 11) is 0. The third-order valence-corrected chi connectivity index (χ3v) is 1.07. The molecule has 0 fully saturated rings. The molecule has 9 heavy (non-hydrogen) atoms. The molecule has 1 heterocycles. The van der Waals surface area contributed by atoms with E-state index >= 15 is 0 Å². The molecule has 0 aromatic carbocycles. The smallest absolute Gasteiger partial charge is 0.326 e. The zero-order chi connectivity index (χ0) is 6.69. The third kappa shape index (κ3) is 1.51. The van der Waals surface area contributed by atoms with Gasteiger partial charge >= 0.3 is 5.97 Å². The van der Waals surface area contributed by atoms with Gasteiger partial charge in [0.05, 0.1) is 0 Å². The van der Waals surface area contributed by atoms with Gasteiger partial charge in [-0.25, -0.2) is 5.43 Å². The highest BCUT2D eigenvalue weighted by atomic mass is 16.4. The first kappa shape index (κ1) is 6.25. The Balaban J connectivity index is 2.50. The predicted molar refractivity (Wildman–Crippen MR) is 31.7 cm³/mol. The fourth-order valence-corrected chi connectivity index (χ4v) is 0.624. The van der Waals surface area contributed by atoms with Crippen molar-refractivity contribution in [2.75, 3.05) is 6.54 Å². The third-order valence-electron chi connectivity index (χ3n) is 1.07. The van der Waals surface area contributed by atoms with Gasteiger partial charge in [0.25, 0.3) is 0 Å². The Bertz CT molecular complexity index is 144.